The van der Waals surface area contributed by atoms with Crippen LogP contribution < -0.4 is 0 Å². The average Bonchev–Trinajstić information content (AvgIpc) is 2.37. The molecule has 0 saturated heterocycles. The first kappa shape index (κ1) is 15.6. The third-order valence-corrected chi connectivity index (χ3v) is 3.44. The molecule has 18 heavy (non-hydrogen) atoms. The molecule has 0 N–H and O–H groups in total. The maximum Gasteiger partial charge on any atom is 0.735 e. The monoisotopic (exact) mass is 268 g/mol. The molecule has 0 aliphatic rings. The Hall–Kier alpha value is -2.41. The third-order valence-electron chi connectivity index (χ3n) is 1.48. The Kier molecular flexibility index (Phi) is 6.08. The summed E-state index contributed by atoms with van der Waals surface area (Å²) < 4.78 is 14.3. The second-order valence-corrected chi connectivity index (χ2v) is 4.91. The molecule has 0 fully saturated rings. The van der Waals surface area contributed by atoms with Crippen molar-refractivity contribution in [1.29, 1.82) is 0 Å². The van der Waals surface area contributed by atoms with Gasteiger partial charge in [0.05, 0.1) is 0 Å². The second kappa shape index (κ2) is 7.02. The topological polar surface area (TPSA) is 78.9 Å². The van der Waals surface area contributed by atoms with Crippen LogP contribution in [-0.4, -0.2) is 26.7 Å². The van der Waals surface area contributed by atoms with Gasteiger partial charge in [0.25, 0.3) is 0 Å². The zero-order valence-electron chi connectivity index (χ0n) is 9.59. The van der Waals surface area contributed by atoms with Gasteiger partial charge in [0.1, 0.15) is 0 Å². The van der Waals surface area contributed by atoms with Crippen LogP contribution in [0.1, 0.15) is 0 Å². The van der Waals surface area contributed by atoms with Crippen molar-refractivity contribution in [1.82, 2.24) is 0 Å². The molecule has 0 aromatic heterocycles. The molecule has 0 spiro atoms. The van der Waals surface area contributed by atoms with E-state index < -0.39 is 26.7 Å². The summed E-state index contributed by atoms with van der Waals surface area (Å²) in [6.07, 6.45) is 2.48. The van der Waals surface area contributed by atoms with Crippen molar-refractivity contribution in [3.63, 3.8) is 0 Å². The Morgan fingerprint density at radius 3 is 1.17 bits per heavy atom. The largest absolute Gasteiger partial charge is 0.735 e. The molecule has 0 radical (unpaired) electrons. The molecule has 0 saturated carbocycles. The van der Waals surface area contributed by atoms with E-state index in [2.05, 4.69) is 26.3 Å². The van der Waals surface area contributed by atoms with Crippen LogP contribution in [0.2, 0.25) is 0 Å². The van der Waals surface area contributed by atoms with Crippen LogP contribution in [-0.2, 0) is 27.7 Å². The van der Waals surface area contributed by atoms with Crippen LogP contribution in [0, 0.1) is 0 Å². The van der Waals surface area contributed by atoms with Gasteiger partial charge in [0, 0.05) is 23.9 Å². The summed E-state index contributed by atoms with van der Waals surface area (Å²) in [4.78, 5) is 33.4. The van der Waals surface area contributed by atoms with E-state index in [-0.39, 0.29) is 0 Å². The fourth-order valence-corrected chi connectivity index (χ4v) is 2.20. The fraction of sp³-hybridized carbons (Fsp3) is 0. The number of hydrogen-bond acceptors (Lipinski definition) is 6. The van der Waals surface area contributed by atoms with Gasteiger partial charge >= 0.3 is 26.7 Å². The summed E-state index contributed by atoms with van der Waals surface area (Å²) >= 11 is 0. The van der Waals surface area contributed by atoms with Crippen molar-refractivity contribution < 1.29 is 27.7 Å². The van der Waals surface area contributed by atoms with Crippen molar-refractivity contribution in [2.75, 3.05) is 0 Å². The Balaban J connectivity index is 5.22. The second-order valence-electron chi connectivity index (χ2n) is 2.68. The normalized spacial score (nSPS) is 9.56. The number of rotatable bonds is 7. The first-order chi connectivity index (χ1) is 8.42. The minimum Gasteiger partial charge on any atom is -0.449 e. The van der Waals surface area contributed by atoms with Gasteiger partial charge in [0.15, 0.2) is 0 Å². The highest BCUT2D eigenvalue weighted by atomic mass is 28.4. The van der Waals surface area contributed by atoms with Crippen molar-refractivity contribution in [2.24, 2.45) is 0 Å². The van der Waals surface area contributed by atoms with Gasteiger partial charge in [-0.2, -0.15) is 0 Å². The maximum absolute atomic E-state index is 11.1. The van der Waals surface area contributed by atoms with Gasteiger partial charge in [-0.15, -0.1) is 0 Å². The van der Waals surface area contributed by atoms with Crippen LogP contribution in [0.15, 0.2) is 50.2 Å². The maximum atomic E-state index is 11.1. The summed E-state index contributed by atoms with van der Waals surface area (Å²) in [5.41, 5.74) is 0.956. The molecule has 0 heterocycles. The minimum atomic E-state index is -4.02. The lowest BCUT2D eigenvalue weighted by Gasteiger charge is -2.22. The van der Waals surface area contributed by atoms with Gasteiger partial charge in [-0.1, -0.05) is 26.3 Å². The molecule has 0 unspecified atom stereocenters. The molecule has 0 amide bonds. The quantitative estimate of drug-likeness (QED) is 0.503. The van der Waals surface area contributed by atoms with E-state index in [0.717, 1.165) is 23.9 Å². The van der Waals surface area contributed by atoms with E-state index in [1.807, 2.05) is 0 Å². The fourth-order valence-electron chi connectivity index (χ4n) is 0.733. The van der Waals surface area contributed by atoms with Crippen LogP contribution in [0.3, 0.4) is 0 Å². The lowest BCUT2D eigenvalue weighted by molar-refractivity contribution is -0.143. The number of carbonyl (C=O) groups is 3. The first-order valence-corrected chi connectivity index (χ1v) is 6.43. The van der Waals surface area contributed by atoms with Gasteiger partial charge in [-0.05, 0) is 0 Å². The standard InChI is InChI=1S/C11H12O6Si/c1-5-9(12)15-18(8-4,16-10(13)6-2)17-11(14)7-3/h5-8H,1-4H2. The third kappa shape index (κ3) is 4.62. The highest BCUT2D eigenvalue weighted by molar-refractivity contribution is 6.71. The summed E-state index contributed by atoms with van der Waals surface area (Å²) in [6.45, 7) is 12.8. The van der Waals surface area contributed by atoms with Crippen molar-refractivity contribution in [3.05, 3.63) is 50.2 Å². The van der Waals surface area contributed by atoms with Crippen LogP contribution in [0.4, 0.5) is 0 Å². The molecule has 96 valence electrons. The summed E-state index contributed by atoms with van der Waals surface area (Å²) in [7, 11) is -4.02. The molecule has 0 atom stereocenters. The number of carbonyl (C=O) groups excluding carboxylic acids is 3. The number of hydrogen-bond donors (Lipinski definition) is 0. The summed E-state index contributed by atoms with van der Waals surface area (Å²) in [6, 6.07) is 0. The molecule has 7 heteroatoms. The van der Waals surface area contributed by atoms with E-state index in [9.17, 15) is 14.4 Å². The summed E-state index contributed by atoms with van der Waals surface area (Å²) in [5.74, 6) is -2.76. The Morgan fingerprint density at radius 2 is 1.00 bits per heavy atom. The molecule has 0 aromatic rings. The Morgan fingerprint density at radius 1 is 0.722 bits per heavy atom. The SMILES string of the molecule is C=CC(=O)O[Si](C=C)(OC(=O)C=C)OC(=O)C=C. The highest BCUT2D eigenvalue weighted by Gasteiger charge is 2.49. The average molecular weight is 268 g/mol. The van der Waals surface area contributed by atoms with Crippen molar-refractivity contribution in [2.45, 2.75) is 0 Å². The zero-order valence-corrected chi connectivity index (χ0v) is 10.6. The van der Waals surface area contributed by atoms with Crippen molar-refractivity contribution >= 4 is 26.7 Å². The lowest BCUT2D eigenvalue weighted by atomic mass is 10.7. The van der Waals surface area contributed by atoms with E-state index in [4.69, 9.17) is 13.3 Å². The van der Waals surface area contributed by atoms with E-state index in [1.165, 1.54) is 0 Å². The van der Waals surface area contributed by atoms with Gasteiger partial charge in [0.2, 0.25) is 0 Å². The molecule has 0 aliphatic heterocycles. The molecular weight excluding hydrogens is 256 g/mol. The molecule has 6 nitrogen and oxygen atoms in total. The minimum absolute atomic E-state index is 0.828. The van der Waals surface area contributed by atoms with E-state index in [0.29, 0.717) is 0 Å². The lowest BCUT2D eigenvalue weighted by Crippen LogP contribution is -2.48. The van der Waals surface area contributed by atoms with Gasteiger partial charge in [-0.3, -0.25) is 0 Å². The van der Waals surface area contributed by atoms with Crippen molar-refractivity contribution in [3.8, 4) is 0 Å². The van der Waals surface area contributed by atoms with Crippen LogP contribution >= 0.6 is 0 Å². The predicted octanol–water partition coefficient (Wildman–Crippen LogP) is 0.838. The first-order valence-electron chi connectivity index (χ1n) is 4.62. The molecule has 0 aliphatic carbocycles. The molecule has 0 aromatic carbocycles. The Labute approximate surface area is 105 Å². The molecule has 0 bridgehead atoms. The molecular formula is C11H12O6Si. The highest BCUT2D eigenvalue weighted by Crippen LogP contribution is 2.13. The molecule has 0 rings (SSSR count). The van der Waals surface area contributed by atoms with Gasteiger partial charge < -0.3 is 13.3 Å². The zero-order chi connectivity index (χ0) is 14.2. The van der Waals surface area contributed by atoms with Crippen LogP contribution in [0.5, 0.6) is 0 Å². The van der Waals surface area contributed by atoms with Crippen LogP contribution in [0.25, 0.3) is 0 Å². The van der Waals surface area contributed by atoms with E-state index >= 15 is 0 Å². The van der Waals surface area contributed by atoms with Gasteiger partial charge in [-0.25, -0.2) is 14.4 Å². The summed E-state index contributed by atoms with van der Waals surface area (Å²) in [5, 5.41) is 0. The van der Waals surface area contributed by atoms with E-state index in [1.54, 1.807) is 0 Å². The Bertz CT molecular complexity index is 357. The smallest absolute Gasteiger partial charge is 0.449 e. The predicted molar refractivity (Wildman–Crippen MR) is 64.8 cm³/mol.